The molecule has 1 heteroatoms. The van der Waals surface area contributed by atoms with Crippen LogP contribution in [0, 0.1) is 11.3 Å². The van der Waals surface area contributed by atoms with E-state index in [1.54, 1.807) is 0 Å². The van der Waals surface area contributed by atoms with Crippen molar-refractivity contribution in [1.82, 2.24) is 0 Å². The molecule has 0 amide bonds. The average Bonchev–Trinajstić information content (AvgIpc) is 1.86. The molecular weight excluding hydrogens is 136 g/mol. The Morgan fingerprint density at radius 1 is 1.64 bits per heavy atom. The highest BCUT2D eigenvalue weighted by Gasteiger charge is 2.33. The largest absolute Gasteiger partial charge is 0.396 e. The van der Waals surface area contributed by atoms with E-state index in [4.69, 9.17) is 5.11 Å². The Morgan fingerprint density at radius 2 is 2.27 bits per heavy atom. The van der Waals surface area contributed by atoms with Gasteiger partial charge in [0.2, 0.25) is 0 Å². The summed E-state index contributed by atoms with van der Waals surface area (Å²) in [6.07, 6.45) is 3.56. The average molecular weight is 154 g/mol. The van der Waals surface area contributed by atoms with Gasteiger partial charge in [0.25, 0.3) is 0 Å². The van der Waals surface area contributed by atoms with Crippen LogP contribution in [-0.4, -0.2) is 11.7 Å². The predicted molar refractivity (Wildman–Crippen MR) is 47.3 cm³/mol. The Morgan fingerprint density at radius 3 is 2.64 bits per heavy atom. The van der Waals surface area contributed by atoms with Gasteiger partial charge in [-0.1, -0.05) is 26.0 Å². The number of aliphatic hydroxyl groups is 1. The van der Waals surface area contributed by atoms with Crippen molar-refractivity contribution < 1.29 is 5.11 Å². The lowest BCUT2D eigenvalue weighted by atomic mass is 9.67. The van der Waals surface area contributed by atoms with Crippen LogP contribution < -0.4 is 0 Å². The van der Waals surface area contributed by atoms with Gasteiger partial charge in [-0.25, -0.2) is 0 Å². The summed E-state index contributed by atoms with van der Waals surface area (Å²) >= 11 is 0. The van der Waals surface area contributed by atoms with E-state index in [0.717, 1.165) is 6.42 Å². The summed E-state index contributed by atoms with van der Waals surface area (Å²) in [5, 5.41) is 9.14. The standard InChI is InChI=1S/C10H18O/c1-8-5-4-6-10(2,3)9(8)7-11/h9,11H,1,4-7H2,2-3H3. The van der Waals surface area contributed by atoms with E-state index in [-0.39, 0.29) is 12.0 Å². The molecule has 0 aromatic heterocycles. The molecule has 1 aliphatic rings. The summed E-state index contributed by atoms with van der Waals surface area (Å²) in [6, 6.07) is 0. The molecule has 0 saturated heterocycles. The Kier molecular flexibility index (Phi) is 2.38. The second-order valence-electron chi connectivity index (χ2n) is 4.24. The molecule has 1 fully saturated rings. The zero-order valence-corrected chi connectivity index (χ0v) is 7.56. The van der Waals surface area contributed by atoms with Crippen LogP contribution in [0.1, 0.15) is 33.1 Å². The number of hydrogen-bond acceptors (Lipinski definition) is 1. The highest BCUT2D eigenvalue weighted by atomic mass is 16.3. The van der Waals surface area contributed by atoms with Gasteiger partial charge >= 0.3 is 0 Å². The lowest BCUT2D eigenvalue weighted by molar-refractivity contribution is 0.114. The summed E-state index contributed by atoms with van der Waals surface area (Å²) in [7, 11) is 0. The topological polar surface area (TPSA) is 20.2 Å². The SMILES string of the molecule is C=C1CCCC(C)(C)C1CO. The second-order valence-corrected chi connectivity index (χ2v) is 4.24. The quantitative estimate of drug-likeness (QED) is 0.575. The van der Waals surface area contributed by atoms with Crippen LogP contribution in [0.3, 0.4) is 0 Å². The molecule has 1 aliphatic carbocycles. The van der Waals surface area contributed by atoms with Crippen molar-refractivity contribution in [3.8, 4) is 0 Å². The Bertz CT molecular complexity index is 158. The van der Waals surface area contributed by atoms with Gasteiger partial charge in [0, 0.05) is 5.92 Å². The summed E-state index contributed by atoms with van der Waals surface area (Å²) in [6.45, 7) is 8.71. The van der Waals surface area contributed by atoms with Crippen LogP contribution >= 0.6 is 0 Å². The molecule has 11 heavy (non-hydrogen) atoms. The predicted octanol–water partition coefficient (Wildman–Crippen LogP) is 2.36. The van der Waals surface area contributed by atoms with Crippen LogP contribution in [0.2, 0.25) is 0 Å². The molecule has 64 valence electrons. The van der Waals surface area contributed by atoms with E-state index >= 15 is 0 Å². The fourth-order valence-electron chi connectivity index (χ4n) is 2.05. The third-order valence-electron chi connectivity index (χ3n) is 2.94. The molecule has 1 saturated carbocycles. The van der Waals surface area contributed by atoms with Crippen molar-refractivity contribution in [3.63, 3.8) is 0 Å². The molecule has 1 nitrogen and oxygen atoms in total. The van der Waals surface area contributed by atoms with Gasteiger partial charge in [0.05, 0.1) is 6.61 Å². The third kappa shape index (κ3) is 1.64. The van der Waals surface area contributed by atoms with Crippen LogP contribution in [0.4, 0.5) is 0 Å². The minimum atomic E-state index is 0.268. The maximum absolute atomic E-state index is 9.14. The molecule has 0 spiro atoms. The summed E-state index contributed by atoms with van der Waals surface area (Å²) in [5.41, 5.74) is 1.51. The van der Waals surface area contributed by atoms with Crippen molar-refractivity contribution in [3.05, 3.63) is 12.2 Å². The van der Waals surface area contributed by atoms with Crippen molar-refractivity contribution >= 4 is 0 Å². The molecule has 1 rings (SSSR count). The summed E-state index contributed by atoms with van der Waals surface area (Å²) in [5.74, 6) is 0.330. The van der Waals surface area contributed by atoms with Crippen molar-refractivity contribution in [2.24, 2.45) is 11.3 Å². The maximum atomic E-state index is 9.14. The monoisotopic (exact) mass is 154 g/mol. The van der Waals surface area contributed by atoms with Gasteiger partial charge in [-0.3, -0.25) is 0 Å². The van der Waals surface area contributed by atoms with E-state index < -0.39 is 0 Å². The lowest BCUT2D eigenvalue weighted by Gasteiger charge is -2.39. The summed E-state index contributed by atoms with van der Waals surface area (Å²) < 4.78 is 0. The first-order chi connectivity index (χ1) is 5.08. The van der Waals surface area contributed by atoms with E-state index in [1.807, 2.05) is 0 Å². The smallest absolute Gasteiger partial charge is 0.0501 e. The van der Waals surface area contributed by atoms with Crippen molar-refractivity contribution in [2.75, 3.05) is 6.61 Å². The molecule has 0 aliphatic heterocycles. The molecule has 0 bridgehead atoms. The first kappa shape index (κ1) is 8.79. The number of aliphatic hydroxyl groups excluding tert-OH is 1. The lowest BCUT2D eigenvalue weighted by Crippen LogP contribution is -2.31. The van der Waals surface area contributed by atoms with E-state index in [2.05, 4.69) is 20.4 Å². The van der Waals surface area contributed by atoms with Gasteiger partial charge in [-0.2, -0.15) is 0 Å². The fraction of sp³-hybridized carbons (Fsp3) is 0.800. The van der Waals surface area contributed by atoms with Gasteiger partial charge in [-0.15, -0.1) is 0 Å². The van der Waals surface area contributed by atoms with Gasteiger partial charge < -0.3 is 5.11 Å². The van der Waals surface area contributed by atoms with Crippen molar-refractivity contribution in [2.45, 2.75) is 33.1 Å². The fourth-order valence-corrected chi connectivity index (χ4v) is 2.05. The summed E-state index contributed by atoms with van der Waals surface area (Å²) in [4.78, 5) is 0. The molecule has 0 radical (unpaired) electrons. The zero-order valence-electron chi connectivity index (χ0n) is 7.56. The van der Waals surface area contributed by atoms with Crippen molar-refractivity contribution in [1.29, 1.82) is 0 Å². The second kappa shape index (κ2) is 2.98. The van der Waals surface area contributed by atoms with E-state index in [1.165, 1.54) is 18.4 Å². The number of hydrogen-bond donors (Lipinski definition) is 1. The normalized spacial score (nSPS) is 30.5. The maximum Gasteiger partial charge on any atom is 0.0501 e. The van der Waals surface area contributed by atoms with Gasteiger partial charge in [-0.05, 0) is 24.7 Å². The Labute approximate surface area is 69.1 Å². The molecule has 0 aromatic carbocycles. The molecular formula is C10H18O. The van der Waals surface area contributed by atoms with Crippen LogP contribution in [0.25, 0.3) is 0 Å². The van der Waals surface area contributed by atoms with Crippen LogP contribution in [-0.2, 0) is 0 Å². The van der Waals surface area contributed by atoms with Gasteiger partial charge in [0.15, 0.2) is 0 Å². The molecule has 1 unspecified atom stereocenters. The highest BCUT2D eigenvalue weighted by Crippen LogP contribution is 2.42. The Balaban J connectivity index is 2.72. The van der Waals surface area contributed by atoms with E-state index in [9.17, 15) is 0 Å². The molecule has 0 aromatic rings. The molecule has 1 atom stereocenters. The van der Waals surface area contributed by atoms with Gasteiger partial charge in [0.1, 0.15) is 0 Å². The van der Waals surface area contributed by atoms with Crippen LogP contribution in [0.15, 0.2) is 12.2 Å². The number of rotatable bonds is 1. The highest BCUT2D eigenvalue weighted by molar-refractivity contribution is 5.09. The minimum absolute atomic E-state index is 0.268. The minimum Gasteiger partial charge on any atom is -0.396 e. The third-order valence-corrected chi connectivity index (χ3v) is 2.94. The first-order valence-electron chi connectivity index (χ1n) is 4.36. The molecule has 1 N–H and O–H groups in total. The van der Waals surface area contributed by atoms with Crippen LogP contribution in [0.5, 0.6) is 0 Å². The first-order valence-corrected chi connectivity index (χ1v) is 4.36. The van der Waals surface area contributed by atoms with E-state index in [0.29, 0.717) is 5.92 Å². The molecule has 0 heterocycles. The zero-order chi connectivity index (χ0) is 8.48. The Hall–Kier alpha value is -0.300.